The molecule has 18 heavy (non-hydrogen) atoms. The Labute approximate surface area is 114 Å². The Balaban J connectivity index is 2.22. The van der Waals surface area contributed by atoms with Crippen molar-refractivity contribution in [2.24, 2.45) is 0 Å². The molecule has 6 heteroatoms. The fourth-order valence-electron chi connectivity index (χ4n) is 1.89. The molecule has 96 valence electrons. The maximum Gasteiger partial charge on any atom is 0.329 e. The smallest absolute Gasteiger partial charge is 0.329 e. The maximum absolute atomic E-state index is 12.0. The number of hydrogen-bond donors (Lipinski definition) is 2. The lowest BCUT2D eigenvalue weighted by Gasteiger charge is -2.38. The number of carboxylic acid groups (broad SMARTS) is 1. The Hall–Kier alpha value is -1.26. The highest BCUT2D eigenvalue weighted by Gasteiger charge is 2.45. The summed E-state index contributed by atoms with van der Waals surface area (Å²) in [4.78, 5) is 23.2. The lowest BCUT2D eigenvalue weighted by molar-refractivity contribution is -0.148. The predicted octanol–water partition coefficient (Wildman–Crippen LogP) is 2.73. The summed E-state index contributed by atoms with van der Waals surface area (Å²) in [6.45, 7) is 0. The van der Waals surface area contributed by atoms with Crippen LogP contribution in [0.4, 0.5) is 0 Å². The topological polar surface area (TPSA) is 66.4 Å². The molecule has 1 saturated carbocycles. The van der Waals surface area contributed by atoms with Crippen LogP contribution in [0.25, 0.3) is 0 Å². The highest BCUT2D eigenvalue weighted by atomic mass is 35.5. The van der Waals surface area contributed by atoms with Crippen LogP contribution in [-0.4, -0.2) is 22.5 Å². The summed E-state index contributed by atoms with van der Waals surface area (Å²) in [6, 6.07) is 4.67. The number of carbonyl (C=O) groups is 2. The number of amides is 1. The first kappa shape index (κ1) is 13.2. The highest BCUT2D eigenvalue weighted by Crippen LogP contribution is 2.33. The molecule has 1 aromatic carbocycles. The van der Waals surface area contributed by atoms with Crippen LogP contribution in [0.1, 0.15) is 29.6 Å². The van der Waals surface area contributed by atoms with E-state index in [0.717, 1.165) is 6.42 Å². The summed E-state index contributed by atoms with van der Waals surface area (Å²) < 4.78 is 0. The third-order valence-electron chi connectivity index (χ3n) is 3.17. The van der Waals surface area contributed by atoms with Gasteiger partial charge in [0.25, 0.3) is 5.91 Å². The number of halogens is 2. The van der Waals surface area contributed by atoms with Crippen molar-refractivity contribution in [1.82, 2.24) is 5.32 Å². The Kier molecular flexibility index (Phi) is 3.50. The second kappa shape index (κ2) is 4.78. The number of nitrogens with one attached hydrogen (secondary N) is 1. The fraction of sp³-hybridized carbons (Fsp3) is 0.333. The minimum Gasteiger partial charge on any atom is -0.480 e. The standard InChI is InChI=1S/C12H11Cl2NO3/c13-8-4-1-3-7(9(8)14)10(16)15-12(11(17)18)5-2-6-12/h1,3-4H,2,5-6H2,(H,15,16)(H,17,18). The lowest BCUT2D eigenvalue weighted by Crippen LogP contribution is -2.59. The summed E-state index contributed by atoms with van der Waals surface area (Å²) >= 11 is 11.7. The molecule has 0 bridgehead atoms. The van der Waals surface area contributed by atoms with Crippen molar-refractivity contribution in [3.05, 3.63) is 33.8 Å². The monoisotopic (exact) mass is 287 g/mol. The highest BCUT2D eigenvalue weighted by molar-refractivity contribution is 6.43. The van der Waals surface area contributed by atoms with Crippen molar-refractivity contribution < 1.29 is 14.7 Å². The molecule has 4 nitrogen and oxygen atoms in total. The van der Waals surface area contributed by atoms with E-state index in [2.05, 4.69) is 5.32 Å². The van der Waals surface area contributed by atoms with E-state index in [1.54, 1.807) is 12.1 Å². The first-order chi connectivity index (χ1) is 8.46. The first-order valence-electron chi connectivity index (χ1n) is 5.46. The molecule has 0 spiro atoms. The summed E-state index contributed by atoms with van der Waals surface area (Å²) in [5.74, 6) is -1.52. The van der Waals surface area contributed by atoms with Crippen molar-refractivity contribution in [3.8, 4) is 0 Å². The number of benzene rings is 1. The van der Waals surface area contributed by atoms with Gasteiger partial charge in [0.2, 0.25) is 0 Å². The lowest BCUT2D eigenvalue weighted by atomic mass is 9.76. The maximum atomic E-state index is 12.0. The van der Waals surface area contributed by atoms with Gasteiger partial charge in [0.15, 0.2) is 0 Å². The molecular formula is C12H11Cl2NO3. The Morgan fingerprint density at radius 3 is 2.44 bits per heavy atom. The fourth-order valence-corrected chi connectivity index (χ4v) is 2.27. The molecule has 0 aromatic heterocycles. The van der Waals surface area contributed by atoms with Gasteiger partial charge in [-0.25, -0.2) is 4.79 Å². The molecule has 0 radical (unpaired) electrons. The van der Waals surface area contributed by atoms with Crippen LogP contribution in [0.5, 0.6) is 0 Å². The van der Waals surface area contributed by atoms with Crippen LogP contribution in [0.3, 0.4) is 0 Å². The van der Waals surface area contributed by atoms with Crippen LogP contribution in [-0.2, 0) is 4.79 Å². The molecule has 1 fully saturated rings. The zero-order valence-corrected chi connectivity index (χ0v) is 10.9. The minimum atomic E-state index is -1.15. The zero-order valence-electron chi connectivity index (χ0n) is 9.37. The molecule has 0 unspecified atom stereocenters. The Morgan fingerprint density at radius 2 is 1.94 bits per heavy atom. The van der Waals surface area contributed by atoms with Gasteiger partial charge in [0.1, 0.15) is 5.54 Å². The third kappa shape index (κ3) is 2.18. The van der Waals surface area contributed by atoms with Gasteiger partial charge in [-0.05, 0) is 31.4 Å². The van der Waals surface area contributed by atoms with Crippen LogP contribution >= 0.6 is 23.2 Å². The Bertz CT molecular complexity index is 512. The van der Waals surface area contributed by atoms with Crippen LogP contribution < -0.4 is 5.32 Å². The molecule has 0 heterocycles. The van der Waals surface area contributed by atoms with Gasteiger partial charge < -0.3 is 10.4 Å². The van der Waals surface area contributed by atoms with Crippen molar-refractivity contribution in [2.45, 2.75) is 24.8 Å². The molecule has 2 rings (SSSR count). The summed E-state index contributed by atoms with van der Waals surface area (Å²) in [5, 5.41) is 12.1. The normalized spacial score (nSPS) is 16.8. The zero-order chi connectivity index (χ0) is 13.3. The van der Waals surface area contributed by atoms with Crippen molar-refractivity contribution in [2.75, 3.05) is 0 Å². The number of aliphatic carboxylic acids is 1. The number of carbonyl (C=O) groups excluding carboxylic acids is 1. The summed E-state index contributed by atoms with van der Waals surface area (Å²) in [5.41, 5.74) is -0.959. The first-order valence-corrected chi connectivity index (χ1v) is 6.22. The second-order valence-corrected chi connectivity index (χ2v) is 5.08. The number of carboxylic acids is 1. The number of hydrogen-bond acceptors (Lipinski definition) is 2. The molecule has 1 amide bonds. The van der Waals surface area contributed by atoms with Gasteiger partial charge in [-0.3, -0.25) is 4.79 Å². The van der Waals surface area contributed by atoms with Gasteiger partial charge in [0, 0.05) is 0 Å². The molecule has 1 aliphatic rings. The molecule has 0 saturated heterocycles. The van der Waals surface area contributed by atoms with E-state index in [0.29, 0.717) is 12.8 Å². The second-order valence-electron chi connectivity index (χ2n) is 4.30. The Morgan fingerprint density at radius 1 is 1.28 bits per heavy atom. The van der Waals surface area contributed by atoms with Gasteiger partial charge in [-0.2, -0.15) is 0 Å². The predicted molar refractivity (Wildman–Crippen MR) is 68.1 cm³/mol. The quantitative estimate of drug-likeness (QED) is 0.898. The van der Waals surface area contributed by atoms with Crippen molar-refractivity contribution in [3.63, 3.8) is 0 Å². The van der Waals surface area contributed by atoms with E-state index in [1.165, 1.54) is 6.07 Å². The van der Waals surface area contributed by atoms with Gasteiger partial charge in [-0.15, -0.1) is 0 Å². The van der Waals surface area contributed by atoms with E-state index in [9.17, 15) is 9.59 Å². The molecule has 1 aromatic rings. The molecule has 0 atom stereocenters. The average Bonchev–Trinajstić information content (AvgIpc) is 2.26. The molecule has 0 aliphatic heterocycles. The number of rotatable bonds is 3. The van der Waals surface area contributed by atoms with E-state index < -0.39 is 17.4 Å². The van der Waals surface area contributed by atoms with Gasteiger partial charge >= 0.3 is 5.97 Å². The summed E-state index contributed by atoms with van der Waals surface area (Å²) in [7, 11) is 0. The van der Waals surface area contributed by atoms with E-state index >= 15 is 0 Å². The van der Waals surface area contributed by atoms with Gasteiger partial charge in [-0.1, -0.05) is 29.3 Å². The largest absolute Gasteiger partial charge is 0.480 e. The van der Waals surface area contributed by atoms with Crippen LogP contribution in [0, 0.1) is 0 Å². The van der Waals surface area contributed by atoms with E-state index in [1.807, 2.05) is 0 Å². The van der Waals surface area contributed by atoms with Crippen molar-refractivity contribution in [1.29, 1.82) is 0 Å². The molecular weight excluding hydrogens is 277 g/mol. The SMILES string of the molecule is O=C(NC1(C(=O)O)CCC1)c1cccc(Cl)c1Cl. The van der Waals surface area contributed by atoms with Crippen LogP contribution in [0.2, 0.25) is 10.0 Å². The third-order valence-corrected chi connectivity index (χ3v) is 3.98. The van der Waals surface area contributed by atoms with E-state index in [4.69, 9.17) is 28.3 Å². The summed E-state index contributed by atoms with van der Waals surface area (Å²) in [6.07, 6.45) is 1.66. The molecule has 2 N–H and O–H groups in total. The van der Waals surface area contributed by atoms with E-state index in [-0.39, 0.29) is 15.6 Å². The molecule has 1 aliphatic carbocycles. The van der Waals surface area contributed by atoms with Gasteiger partial charge in [0.05, 0.1) is 15.6 Å². The van der Waals surface area contributed by atoms with Crippen molar-refractivity contribution >= 4 is 35.1 Å². The average molecular weight is 288 g/mol. The minimum absolute atomic E-state index is 0.136. The van der Waals surface area contributed by atoms with Crippen LogP contribution in [0.15, 0.2) is 18.2 Å².